The zero-order valence-corrected chi connectivity index (χ0v) is 18.6. The molecule has 0 atom stereocenters. The van der Waals surface area contributed by atoms with E-state index in [1.165, 1.54) is 19.2 Å². The summed E-state index contributed by atoms with van der Waals surface area (Å²) in [5.74, 6) is 0.869. The Bertz CT molecular complexity index is 1220. The highest BCUT2D eigenvalue weighted by Gasteiger charge is 2.14. The fraction of sp³-hybridized carbons (Fsp3) is 0.167. The van der Waals surface area contributed by atoms with Gasteiger partial charge >= 0.3 is 0 Å². The molecule has 9 heteroatoms. The molecular weight excluding hydrogens is 443 g/mol. The number of nitrogens with zero attached hydrogens (tertiary/aromatic N) is 3. The topological polar surface area (TPSA) is 86.2 Å². The molecule has 4 aromatic rings. The van der Waals surface area contributed by atoms with E-state index in [4.69, 9.17) is 9.47 Å². The van der Waals surface area contributed by atoms with Crippen molar-refractivity contribution in [2.24, 2.45) is 0 Å². The molecule has 168 valence electrons. The van der Waals surface area contributed by atoms with E-state index in [-0.39, 0.29) is 11.7 Å². The number of ether oxygens (including phenoxy) is 2. The fourth-order valence-corrected chi connectivity index (χ4v) is 3.64. The van der Waals surface area contributed by atoms with Crippen LogP contribution in [0.4, 0.5) is 4.39 Å². The zero-order chi connectivity index (χ0) is 23.0. The molecule has 0 saturated heterocycles. The van der Waals surface area contributed by atoms with E-state index in [9.17, 15) is 9.18 Å². The molecule has 0 unspecified atom stereocenters. The third-order valence-electron chi connectivity index (χ3n) is 4.74. The van der Waals surface area contributed by atoms with Crippen molar-refractivity contribution < 1.29 is 18.7 Å². The lowest BCUT2D eigenvalue weighted by Gasteiger charge is -2.10. The summed E-state index contributed by atoms with van der Waals surface area (Å²) in [5, 5.41) is 3.20. The number of pyridine rings is 1. The third kappa shape index (κ3) is 6.11. The number of amides is 1. The second-order valence-corrected chi connectivity index (χ2v) is 7.79. The average Bonchev–Trinajstić information content (AvgIpc) is 3.27. The lowest BCUT2D eigenvalue weighted by atomic mass is 10.1. The fourth-order valence-electron chi connectivity index (χ4n) is 3.08. The number of methoxy groups -OCH3 is 1. The molecule has 0 radical (unpaired) electrons. The first kappa shape index (κ1) is 22.3. The van der Waals surface area contributed by atoms with E-state index in [0.717, 1.165) is 22.8 Å². The molecule has 1 amide bonds. The van der Waals surface area contributed by atoms with Gasteiger partial charge in [0.15, 0.2) is 17.3 Å². The Hall–Kier alpha value is -3.85. The highest BCUT2D eigenvalue weighted by molar-refractivity contribution is 7.07. The average molecular weight is 465 g/mol. The van der Waals surface area contributed by atoms with Gasteiger partial charge in [0, 0.05) is 48.4 Å². The van der Waals surface area contributed by atoms with Crippen molar-refractivity contribution in [3.05, 3.63) is 95.3 Å². The van der Waals surface area contributed by atoms with Gasteiger partial charge in [0.25, 0.3) is 11.1 Å². The van der Waals surface area contributed by atoms with Gasteiger partial charge in [0.2, 0.25) is 0 Å². The molecule has 0 aliphatic carbocycles. The molecule has 2 aromatic carbocycles. The van der Waals surface area contributed by atoms with Crippen LogP contribution < -0.4 is 14.8 Å². The normalized spacial score (nSPS) is 10.6. The van der Waals surface area contributed by atoms with Crippen LogP contribution in [0.2, 0.25) is 0 Å². The van der Waals surface area contributed by atoms with Crippen molar-refractivity contribution in [2.45, 2.75) is 12.8 Å². The summed E-state index contributed by atoms with van der Waals surface area (Å²) in [6.07, 6.45) is 2.81. The molecule has 0 aliphatic heterocycles. The van der Waals surface area contributed by atoms with E-state index in [1.807, 2.05) is 18.2 Å². The molecule has 2 aromatic heterocycles. The number of hydrogen-bond acceptors (Lipinski definition) is 7. The Balaban J connectivity index is 1.41. The van der Waals surface area contributed by atoms with Crippen LogP contribution in [0.15, 0.2) is 66.9 Å². The summed E-state index contributed by atoms with van der Waals surface area (Å²) in [7, 11) is 1.52. The van der Waals surface area contributed by atoms with Crippen molar-refractivity contribution in [1.29, 1.82) is 0 Å². The number of hydrogen-bond donors (Lipinski definition) is 1. The number of benzene rings is 2. The van der Waals surface area contributed by atoms with Gasteiger partial charge < -0.3 is 14.8 Å². The van der Waals surface area contributed by atoms with Crippen LogP contribution in [0, 0.1) is 5.82 Å². The van der Waals surface area contributed by atoms with Crippen LogP contribution in [0.5, 0.6) is 16.7 Å². The van der Waals surface area contributed by atoms with Gasteiger partial charge in [0.05, 0.1) is 7.11 Å². The molecule has 7 nitrogen and oxygen atoms in total. The van der Waals surface area contributed by atoms with E-state index in [2.05, 4.69) is 19.7 Å². The number of nitrogens with one attached hydrogen (secondary N) is 1. The van der Waals surface area contributed by atoms with Gasteiger partial charge in [-0.25, -0.2) is 4.39 Å². The molecule has 0 fully saturated rings. The third-order valence-corrected chi connectivity index (χ3v) is 5.37. The Morgan fingerprint density at radius 3 is 2.70 bits per heavy atom. The predicted molar refractivity (Wildman–Crippen MR) is 122 cm³/mol. The maximum absolute atomic E-state index is 13.1. The van der Waals surface area contributed by atoms with Crippen molar-refractivity contribution in [1.82, 2.24) is 19.7 Å². The van der Waals surface area contributed by atoms with Gasteiger partial charge in [-0.05, 0) is 48.0 Å². The molecule has 4 rings (SSSR count). The first-order valence-corrected chi connectivity index (χ1v) is 11.0. The highest BCUT2D eigenvalue weighted by Crippen LogP contribution is 2.33. The van der Waals surface area contributed by atoms with Gasteiger partial charge in [-0.2, -0.15) is 9.36 Å². The number of aromatic nitrogens is 3. The molecular formula is C24H21FN4O3S. The van der Waals surface area contributed by atoms with Crippen LogP contribution in [0.3, 0.4) is 0 Å². The minimum absolute atomic E-state index is 0.229. The zero-order valence-electron chi connectivity index (χ0n) is 17.8. The van der Waals surface area contributed by atoms with Crippen LogP contribution >= 0.6 is 11.5 Å². The van der Waals surface area contributed by atoms with Crippen molar-refractivity contribution >= 4 is 17.4 Å². The molecule has 0 saturated carbocycles. The monoisotopic (exact) mass is 464 g/mol. The standard InChI is InChI=1S/C24H21FN4O3S/c1-31-20-10-7-17(23(30)27-13-11-19-4-2-3-12-26-19)15-21(20)32-24-28-22(29-33-24)14-16-5-8-18(25)9-6-16/h2-10,12,15H,11,13-14H2,1H3,(H,27,30). The molecule has 1 N–H and O–H groups in total. The number of carbonyl (C=O) groups excluding carboxylic acids is 1. The number of rotatable bonds is 9. The number of carbonyl (C=O) groups is 1. The minimum atomic E-state index is -0.290. The quantitative estimate of drug-likeness (QED) is 0.394. The van der Waals surface area contributed by atoms with Gasteiger partial charge in [-0.1, -0.05) is 18.2 Å². The minimum Gasteiger partial charge on any atom is -0.493 e. The Kier molecular flexibility index (Phi) is 7.21. The lowest BCUT2D eigenvalue weighted by molar-refractivity contribution is 0.0953. The SMILES string of the molecule is COc1ccc(C(=O)NCCc2ccccn2)cc1Oc1nc(Cc2ccc(F)cc2)ns1. The van der Waals surface area contributed by atoms with E-state index in [1.54, 1.807) is 36.5 Å². The van der Waals surface area contributed by atoms with E-state index < -0.39 is 0 Å². The first-order valence-electron chi connectivity index (χ1n) is 10.2. The highest BCUT2D eigenvalue weighted by atomic mass is 32.1. The Morgan fingerprint density at radius 1 is 1.09 bits per heavy atom. The van der Waals surface area contributed by atoms with E-state index >= 15 is 0 Å². The summed E-state index contributed by atoms with van der Waals surface area (Å²) in [6.45, 7) is 0.460. The predicted octanol–water partition coefficient (Wildman–Crippen LogP) is 4.44. The van der Waals surface area contributed by atoms with E-state index in [0.29, 0.717) is 47.5 Å². The Morgan fingerprint density at radius 2 is 1.94 bits per heavy atom. The maximum Gasteiger partial charge on any atom is 0.298 e. The second-order valence-electron chi connectivity index (χ2n) is 7.07. The van der Waals surface area contributed by atoms with Gasteiger partial charge in [0.1, 0.15) is 5.82 Å². The van der Waals surface area contributed by atoms with Crippen molar-refractivity contribution in [2.75, 3.05) is 13.7 Å². The maximum atomic E-state index is 13.1. The Labute approximate surface area is 194 Å². The van der Waals surface area contributed by atoms with Crippen LogP contribution in [0.25, 0.3) is 0 Å². The van der Waals surface area contributed by atoms with Crippen LogP contribution in [-0.4, -0.2) is 33.9 Å². The molecule has 0 aliphatic rings. The smallest absolute Gasteiger partial charge is 0.298 e. The largest absolute Gasteiger partial charge is 0.493 e. The van der Waals surface area contributed by atoms with Crippen LogP contribution in [0.1, 0.15) is 27.4 Å². The van der Waals surface area contributed by atoms with Crippen molar-refractivity contribution in [3.63, 3.8) is 0 Å². The van der Waals surface area contributed by atoms with Gasteiger partial charge in [-0.15, -0.1) is 0 Å². The first-order chi connectivity index (χ1) is 16.1. The second kappa shape index (κ2) is 10.6. The summed E-state index contributed by atoms with van der Waals surface area (Å²) in [5.41, 5.74) is 2.23. The van der Waals surface area contributed by atoms with Gasteiger partial charge in [-0.3, -0.25) is 9.78 Å². The summed E-state index contributed by atoms with van der Waals surface area (Å²) >= 11 is 1.09. The molecule has 2 heterocycles. The molecule has 0 spiro atoms. The molecule has 0 bridgehead atoms. The van der Waals surface area contributed by atoms with Crippen LogP contribution in [-0.2, 0) is 12.8 Å². The summed E-state index contributed by atoms with van der Waals surface area (Å²) < 4.78 is 28.6. The summed E-state index contributed by atoms with van der Waals surface area (Å²) in [4.78, 5) is 21.2. The summed E-state index contributed by atoms with van der Waals surface area (Å²) in [6, 6.07) is 16.8. The lowest BCUT2D eigenvalue weighted by Crippen LogP contribution is -2.25. The number of halogens is 1. The van der Waals surface area contributed by atoms with Crippen molar-refractivity contribution in [3.8, 4) is 16.7 Å². The molecule has 33 heavy (non-hydrogen) atoms.